The Morgan fingerprint density at radius 1 is 1.07 bits per heavy atom. The van der Waals surface area contributed by atoms with E-state index in [0.29, 0.717) is 28.2 Å². The Morgan fingerprint density at radius 3 is 2.71 bits per heavy atom. The lowest BCUT2D eigenvalue weighted by atomic mass is 10.1. The van der Waals surface area contributed by atoms with Crippen LogP contribution in [0.1, 0.15) is 17.0 Å². The van der Waals surface area contributed by atoms with Crippen molar-refractivity contribution in [2.24, 2.45) is 4.99 Å². The van der Waals surface area contributed by atoms with Crippen molar-refractivity contribution in [1.82, 2.24) is 20.4 Å². The fourth-order valence-electron chi connectivity index (χ4n) is 2.28. The molecule has 0 aliphatic carbocycles. The molecule has 7 nitrogen and oxygen atoms in total. The highest BCUT2D eigenvalue weighted by molar-refractivity contribution is 8.00. The van der Waals surface area contributed by atoms with Crippen molar-refractivity contribution >= 4 is 34.4 Å². The third kappa shape index (κ3) is 4.44. The summed E-state index contributed by atoms with van der Waals surface area (Å²) in [4.78, 5) is 4.26. The summed E-state index contributed by atoms with van der Waals surface area (Å²) in [5.74, 6) is 1.69. The van der Waals surface area contributed by atoms with Gasteiger partial charge in [0.25, 0.3) is 0 Å². The highest BCUT2D eigenvalue weighted by Crippen LogP contribution is 2.30. The molecule has 28 heavy (non-hydrogen) atoms. The molecule has 0 unspecified atom stereocenters. The Balaban J connectivity index is 1.37. The predicted octanol–water partition coefficient (Wildman–Crippen LogP) is 4.65. The van der Waals surface area contributed by atoms with Crippen molar-refractivity contribution in [1.29, 1.82) is 0 Å². The van der Waals surface area contributed by atoms with E-state index in [1.165, 1.54) is 28.7 Å². The summed E-state index contributed by atoms with van der Waals surface area (Å²) in [5.41, 5.74) is 2.70. The zero-order chi connectivity index (χ0) is 19.3. The molecule has 4 rings (SSSR count). The molecule has 2 aromatic carbocycles. The highest BCUT2D eigenvalue weighted by atomic mass is 32.2. The molecule has 140 valence electrons. The molecule has 1 N–H and O–H groups in total. The van der Waals surface area contributed by atoms with Crippen molar-refractivity contribution in [3.8, 4) is 17.2 Å². The first kappa shape index (κ1) is 18.3. The van der Waals surface area contributed by atoms with Gasteiger partial charge in [-0.15, -0.1) is 20.4 Å². The largest absolute Gasteiger partial charge is 0.507 e. The summed E-state index contributed by atoms with van der Waals surface area (Å²) in [6.07, 6.45) is 1.57. The number of nitrogens with zero attached hydrogens (tertiary/aromatic N) is 5. The van der Waals surface area contributed by atoms with Crippen molar-refractivity contribution in [2.45, 2.75) is 17.0 Å². The molecule has 0 bridgehead atoms. The number of thioether (sulfide) groups is 1. The summed E-state index contributed by atoms with van der Waals surface area (Å²) in [7, 11) is 0. The standard InChI is InChI=1S/C19H15N5O2S2/c1-12-6-8-13(9-7-12)17-22-21-16(26-17)11-27-19-24-23-18(28-19)20-10-14-4-2-3-5-15(14)25/h2-10,25H,11H2,1H3/b20-10+. The minimum absolute atomic E-state index is 0.172. The fraction of sp³-hybridized carbons (Fsp3) is 0.105. The lowest BCUT2D eigenvalue weighted by Crippen LogP contribution is -1.80. The molecule has 0 amide bonds. The van der Waals surface area contributed by atoms with Gasteiger partial charge in [0.2, 0.25) is 16.9 Å². The Kier molecular flexibility index (Phi) is 5.45. The number of aromatic hydroxyl groups is 1. The molecule has 2 heterocycles. The number of hydrogen-bond donors (Lipinski definition) is 1. The molecule has 2 aromatic heterocycles. The van der Waals surface area contributed by atoms with Crippen molar-refractivity contribution in [3.05, 3.63) is 65.5 Å². The van der Waals surface area contributed by atoms with Crippen LogP contribution >= 0.6 is 23.1 Å². The molecule has 9 heteroatoms. The number of benzene rings is 2. The third-order valence-electron chi connectivity index (χ3n) is 3.73. The van der Waals surface area contributed by atoms with E-state index in [4.69, 9.17) is 4.42 Å². The first-order valence-electron chi connectivity index (χ1n) is 8.35. The number of rotatable bonds is 6. The maximum atomic E-state index is 9.75. The van der Waals surface area contributed by atoms with Gasteiger partial charge in [0.1, 0.15) is 5.75 Å². The molecular weight excluding hydrogens is 394 g/mol. The van der Waals surface area contributed by atoms with Crippen LogP contribution in [0.4, 0.5) is 5.13 Å². The number of phenolic OH excluding ortho intramolecular Hbond substituents is 1. The second kappa shape index (κ2) is 8.32. The molecule has 0 spiro atoms. The molecule has 0 atom stereocenters. The van der Waals surface area contributed by atoms with E-state index in [-0.39, 0.29) is 5.75 Å². The van der Waals surface area contributed by atoms with Gasteiger partial charge in [0.05, 0.1) is 5.75 Å². The van der Waals surface area contributed by atoms with Crippen molar-refractivity contribution < 1.29 is 9.52 Å². The van der Waals surface area contributed by atoms with Crippen molar-refractivity contribution in [2.75, 3.05) is 0 Å². The van der Waals surface area contributed by atoms with Crippen LogP contribution < -0.4 is 0 Å². The normalized spacial score (nSPS) is 11.3. The van der Waals surface area contributed by atoms with Gasteiger partial charge >= 0.3 is 0 Å². The number of aliphatic imine (C=N–C) groups is 1. The lowest BCUT2D eigenvalue weighted by Gasteiger charge is -1.95. The summed E-state index contributed by atoms with van der Waals surface area (Å²) < 4.78 is 6.46. The summed E-state index contributed by atoms with van der Waals surface area (Å²) in [5, 5.41) is 26.6. The summed E-state index contributed by atoms with van der Waals surface area (Å²) >= 11 is 2.81. The van der Waals surface area contributed by atoms with Crippen LogP contribution in [0.15, 0.2) is 62.3 Å². The Hall–Kier alpha value is -3.04. The maximum Gasteiger partial charge on any atom is 0.247 e. The van der Waals surface area contributed by atoms with Crippen LogP contribution in [0.3, 0.4) is 0 Å². The summed E-state index contributed by atoms with van der Waals surface area (Å²) in [6, 6.07) is 14.9. The molecule has 0 radical (unpaired) electrons. The average molecular weight is 409 g/mol. The second-order valence-corrected chi connectivity index (χ2v) is 8.00. The van der Waals surface area contributed by atoms with Gasteiger partial charge in [0, 0.05) is 17.3 Å². The van der Waals surface area contributed by atoms with Gasteiger partial charge in [-0.3, -0.25) is 0 Å². The number of hydrogen-bond acceptors (Lipinski definition) is 9. The number of para-hydroxylation sites is 1. The number of aromatic nitrogens is 4. The molecule has 0 aliphatic rings. The van der Waals surface area contributed by atoms with Gasteiger partial charge in [0.15, 0.2) is 4.34 Å². The van der Waals surface area contributed by atoms with E-state index in [2.05, 4.69) is 25.4 Å². The molecule has 0 aliphatic heterocycles. The Morgan fingerprint density at radius 2 is 1.89 bits per heavy atom. The van der Waals surface area contributed by atoms with E-state index in [9.17, 15) is 5.11 Å². The van der Waals surface area contributed by atoms with Gasteiger partial charge in [-0.2, -0.15) is 0 Å². The van der Waals surface area contributed by atoms with E-state index >= 15 is 0 Å². The predicted molar refractivity (Wildman–Crippen MR) is 109 cm³/mol. The van der Waals surface area contributed by atoms with E-state index in [1.54, 1.807) is 24.4 Å². The van der Waals surface area contributed by atoms with Crippen LogP contribution in [0.2, 0.25) is 0 Å². The molecular formula is C19H15N5O2S2. The Labute approximate surface area is 169 Å². The first-order valence-corrected chi connectivity index (χ1v) is 10.2. The molecule has 4 aromatic rings. The van der Waals surface area contributed by atoms with Crippen LogP contribution in [0.5, 0.6) is 5.75 Å². The van der Waals surface area contributed by atoms with Crippen molar-refractivity contribution in [3.63, 3.8) is 0 Å². The van der Waals surface area contributed by atoms with Crippen LogP contribution in [0.25, 0.3) is 11.5 Å². The number of aryl methyl sites for hydroxylation is 1. The quantitative estimate of drug-likeness (QED) is 0.366. The minimum atomic E-state index is 0.172. The topological polar surface area (TPSA) is 97.3 Å². The monoisotopic (exact) mass is 409 g/mol. The van der Waals surface area contributed by atoms with Gasteiger partial charge in [-0.25, -0.2) is 4.99 Å². The second-order valence-electron chi connectivity index (χ2n) is 5.82. The van der Waals surface area contributed by atoms with Gasteiger partial charge in [-0.1, -0.05) is 52.9 Å². The van der Waals surface area contributed by atoms with Crippen LogP contribution in [-0.4, -0.2) is 31.7 Å². The molecule has 0 saturated heterocycles. The average Bonchev–Trinajstić information content (AvgIpc) is 3.36. The van der Waals surface area contributed by atoms with E-state index in [1.807, 2.05) is 37.3 Å². The smallest absolute Gasteiger partial charge is 0.247 e. The van der Waals surface area contributed by atoms with Crippen LogP contribution in [-0.2, 0) is 5.75 Å². The molecule has 0 fully saturated rings. The Bertz CT molecular complexity index is 1110. The van der Waals surface area contributed by atoms with Gasteiger partial charge in [-0.05, 0) is 31.2 Å². The maximum absolute atomic E-state index is 9.75. The fourth-order valence-corrected chi connectivity index (χ4v) is 3.81. The highest BCUT2D eigenvalue weighted by Gasteiger charge is 2.11. The SMILES string of the molecule is Cc1ccc(-c2nnc(CSc3nnc(/N=C/c4ccccc4O)s3)o2)cc1. The zero-order valence-corrected chi connectivity index (χ0v) is 16.4. The first-order chi connectivity index (χ1) is 13.7. The number of phenols is 1. The zero-order valence-electron chi connectivity index (χ0n) is 14.8. The van der Waals surface area contributed by atoms with Gasteiger partial charge < -0.3 is 9.52 Å². The van der Waals surface area contributed by atoms with E-state index < -0.39 is 0 Å². The minimum Gasteiger partial charge on any atom is -0.507 e. The molecule has 0 saturated carbocycles. The third-order valence-corrected chi connectivity index (χ3v) is 5.68. The van der Waals surface area contributed by atoms with Crippen LogP contribution in [0, 0.1) is 6.92 Å². The summed E-state index contributed by atoms with van der Waals surface area (Å²) in [6.45, 7) is 2.03. The van der Waals surface area contributed by atoms with E-state index in [0.717, 1.165) is 9.90 Å². The lowest BCUT2D eigenvalue weighted by molar-refractivity contribution is 0.474.